The molecule has 0 atom stereocenters. The summed E-state index contributed by atoms with van der Waals surface area (Å²) in [4.78, 5) is 25.6. The smallest absolute Gasteiger partial charge is 0.196 e. The summed E-state index contributed by atoms with van der Waals surface area (Å²) in [6, 6.07) is 10.0. The molecule has 0 unspecified atom stereocenters. The zero-order valence-electron chi connectivity index (χ0n) is 12.8. The Bertz CT molecular complexity index is 882. The Labute approximate surface area is 139 Å². The number of benzene rings is 2. The minimum absolute atomic E-state index is 0.0502. The maximum Gasteiger partial charge on any atom is 0.196 e. The predicted octanol–water partition coefficient (Wildman–Crippen LogP) is 2.52. The van der Waals surface area contributed by atoms with Gasteiger partial charge in [-0.1, -0.05) is 36.4 Å². The van der Waals surface area contributed by atoms with E-state index in [1.54, 1.807) is 60.8 Å². The molecule has 0 aromatic heterocycles. The summed E-state index contributed by atoms with van der Waals surface area (Å²) in [6.45, 7) is -0.0502. The summed E-state index contributed by atoms with van der Waals surface area (Å²) < 4.78 is 0. The third-order valence-corrected chi connectivity index (χ3v) is 3.80. The fourth-order valence-electron chi connectivity index (χ4n) is 2.70. The van der Waals surface area contributed by atoms with Crippen LogP contribution in [-0.2, 0) is 0 Å². The van der Waals surface area contributed by atoms with Crippen LogP contribution in [0.5, 0.6) is 0 Å². The van der Waals surface area contributed by atoms with Gasteiger partial charge in [-0.3, -0.25) is 9.59 Å². The van der Waals surface area contributed by atoms with Crippen LogP contribution >= 0.6 is 0 Å². The van der Waals surface area contributed by atoms with Crippen LogP contribution in [0.2, 0.25) is 0 Å². The monoisotopic (exact) mass is 320 g/mol. The Balaban J connectivity index is 2.07. The van der Waals surface area contributed by atoms with Gasteiger partial charge in [0, 0.05) is 23.0 Å². The Kier molecular flexibility index (Phi) is 4.26. The second kappa shape index (κ2) is 6.52. The lowest BCUT2D eigenvalue weighted by atomic mass is 9.82. The molecule has 2 aromatic carbocycles. The van der Waals surface area contributed by atoms with Gasteiger partial charge in [0.1, 0.15) is 0 Å². The normalized spacial score (nSPS) is 13.4. The molecule has 0 aliphatic heterocycles. The van der Waals surface area contributed by atoms with Gasteiger partial charge in [0.15, 0.2) is 11.6 Å². The number of aliphatic hydroxyl groups is 1. The SMILES string of the molecule is Nc1ccc(N/C=C/C=C/CO)c2c1C(=O)c1ccccc1C2=O. The van der Waals surface area contributed by atoms with Gasteiger partial charge >= 0.3 is 0 Å². The van der Waals surface area contributed by atoms with Crippen molar-refractivity contribution in [1.82, 2.24) is 0 Å². The van der Waals surface area contributed by atoms with Crippen molar-refractivity contribution >= 4 is 22.9 Å². The number of nitrogens with two attached hydrogens (primary N) is 1. The summed E-state index contributed by atoms with van der Waals surface area (Å²) in [5, 5.41) is 11.7. The molecule has 0 amide bonds. The molecule has 120 valence electrons. The van der Waals surface area contributed by atoms with Crippen LogP contribution in [0, 0.1) is 0 Å². The number of hydrogen-bond acceptors (Lipinski definition) is 5. The standard InChI is InChI=1S/C19H16N2O3/c20-14-8-9-15(21-10-4-1-5-11-22)17-16(14)18(23)12-6-2-3-7-13(12)19(17)24/h1-10,21-22H,11,20H2/b5-1+,10-4+. The second-order valence-corrected chi connectivity index (χ2v) is 5.27. The Hall–Kier alpha value is -3.18. The number of carbonyl (C=O) groups excluding carboxylic acids is 2. The number of anilines is 2. The van der Waals surface area contributed by atoms with Crippen LogP contribution in [0.15, 0.2) is 60.8 Å². The van der Waals surface area contributed by atoms with Crippen molar-refractivity contribution in [1.29, 1.82) is 0 Å². The molecule has 3 rings (SSSR count). The van der Waals surface area contributed by atoms with E-state index < -0.39 is 0 Å². The van der Waals surface area contributed by atoms with Gasteiger partial charge in [-0.2, -0.15) is 0 Å². The van der Waals surface area contributed by atoms with Crippen molar-refractivity contribution in [2.75, 3.05) is 17.7 Å². The van der Waals surface area contributed by atoms with E-state index in [9.17, 15) is 9.59 Å². The van der Waals surface area contributed by atoms with Crippen molar-refractivity contribution in [3.63, 3.8) is 0 Å². The quantitative estimate of drug-likeness (QED) is 0.507. The van der Waals surface area contributed by atoms with Gasteiger partial charge in [0.05, 0.1) is 23.4 Å². The molecule has 0 fully saturated rings. The number of nitrogens with one attached hydrogen (secondary N) is 1. The number of ketones is 2. The topological polar surface area (TPSA) is 92.4 Å². The second-order valence-electron chi connectivity index (χ2n) is 5.27. The highest BCUT2D eigenvalue weighted by atomic mass is 16.2. The van der Waals surface area contributed by atoms with E-state index in [2.05, 4.69) is 5.32 Å². The first-order valence-corrected chi connectivity index (χ1v) is 7.45. The molecule has 0 saturated heterocycles. The highest BCUT2D eigenvalue weighted by Gasteiger charge is 2.32. The molecular formula is C19H16N2O3. The molecule has 0 bridgehead atoms. The lowest BCUT2D eigenvalue weighted by Gasteiger charge is -2.21. The molecule has 0 radical (unpaired) electrons. The molecule has 1 aliphatic rings. The average Bonchev–Trinajstić information content (AvgIpc) is 2.60. The summed E-state index contributed by atoms with van der Waals surface area (Å²) in [6.07, 6.45) is 6.54. The first kappa shape index (κ1) is 15.7. The lowest BCUT2D eigenvalue weighted by molar-refractivity contribution is 0.0980. The molecule has 0 heterocycles. The van der Waals surface area contributed by atoms with Crippen LogP contribution in [0.3, 0.4) is 0 Å². The molecule has 4 N–H and O–H groups in total. The van der Waals surface area contributed by atoms with Gasteiger partial charge < -0.3 is 16.2 Å². The fraction of sp³-hybridized carbons (Fsp3) is 0.0526. The summed E-state index contributed by atoms with van der Waals surface area (Å²) in [5.74, 6) is -0.472. The minimum Gasteiger partial charge on any atom is -0.398 e. The molecule has 1 aliphatic carbocycles. The molecule has 0 spiro atoms. The Morgan fingerprint density at radius 2 is 1.62 bits per heavy atom. The van der Waals surface area contributed by atoms with Gasteiger partial charge in [-0.15, -0.1) is 0 Å². The molecular weight excluding hydrogens is 304 g/mol. The fourth-order valence-corrected chi connectivity index (χ4v) is 2.70. The number of rotatable bonds is 4. The van der Waals surface area contributed by atoms with Gasteiger partial charge in [-0.25, -0.2) is 0 Å². The third-order valence-electron chi connectivity index (χ3n) is 3.80. The van der Waals surface area contributed by atoms with E-state index in [4.69, 9.17) is 10.8 Å². The van der Waals surface area contributed by atoms with Crippen molar-refractivity contribution in [2.45, 2.75) is 0 Å². The van der Waals surface area contributed by atoms with Gasteiger partial charge in [0.25, 0.3) is 0 Å². The van der Waals surface area contributed by atoms with Crippen LogP contribution in [0.25, 0.3) is 0 Å². The van der Waals surface area contributed by atoms with E-state index in [1.165, 1.54) is 0 Å². The molecule has 5 nitrogen and oxygen atoms in total. The molecule has 5 heteroatoms. The number of carbonyl (C=O) groups is 2. The van der Waals surface area contributed by atoms with E-state index in [0.717, 1.165) is 0 Å². The number of aliphatic hydroxyl groups excluding tert-OH is 1. The zero-order chi connectivity index (χ0) is 17.1. The number of allylic oxidation sites excluding steroid dienone is 2. The Morgan fingerprint density at radius 3 is 2.29 bits per heavy atom. The van der Waals surface area contributed by atoms with Crippen molar-refractivity contribution in [3.8, 4) is 0 Å². The largest absolute Gasteiger partial charge is 0.398 e. The Morgan fingerprint density at radius 1 is 0.958 bits per heavy atom. The minimum atomic E-state index is -0.245. The van der Waals surface area contributed by atoms with Crippen LogP contribution in [0.4, 0.5) is 11.4 Å². The van der Waals surface area contributed by atoms with Crippen molar-refractivity contribution in [2.24, 2.45) is 0 Å². The van der Waals surface area contributed by atoms with Gasteiger partial charge in [-0.05, 0) is 18.2 Å². The van der Waals surface area contributed by atoms with Gasteiger partial charge in [0.2, 0.25) is 0 Å². The number of nitrogen functional groups attached to an aromatic ring is 1. The number of fused-ring (bicyclic) bond motifs is 2. The molecule has 2 aromatic rings. The number of hydrogen-bond donors (Lipinski definition) is 3. The molecule has 0 saturated carbocycles. The maximum absolute atomic E-state index is 12.8. The predicted molar refractivity (Wildman–Crippen MR) is 93.1 cm³/mol. The average molecular weight is 320 g/mol. The molecule has 24 heavy (non-hydrogen) atoms. The van der Waals surface area contributed by atoms with E-state index >= 15 is 0 Å². The highest BCUT2D eigenvalue weighted by Crippen LogP contribution is 2.35. The maximum atomic E-state index is 12.8. The van der Waals surface area contributed by atoms with Crippen LogP contribution < -0.4 is 11.1 Å². The summed E-state index contributed by atoms with van der Waals surface area (Å²) in [5.41, 5.74) is 8.04. The zero-order valence-corrected chi connectivity index (χ0v) is 12.8. The summed E-state index contributed by atoms with van der Waals surface area (Å²) in [7, 11) is 0. The summed E-state index contributed by atoms with van der Waals surface area (Å²) >= 11 is 0. The van der Waals surface area contributed by atoms with Crippen molar-refractivity contribution in [3.05, 3.63) is 83.1 Å². The van der Waals surface area contributed by atoms with Crippen LogP contribution in [-0.4, -0.2) is 23.3 Å². The first-order chi connectivity index (χ1) is 11.6. The van der Waals surface area contributed by atoms with Crippen molar-refractivity contribution < 1.29 is 14.7 Å². The first-order valence-electron chi connectivity index (χ1n) is 7.45. The third kappa shape index (κ3) is 2.61. The van der Waals surface area contributed by atoms with Crippen LogP contribution in [0.1, 0.15) is 31.8 Å². The van der Waals surface area contributed by atoms with E-state index in [-0.39, 0.29) is 35.0 Å². The van der Waals surface area contributed by atoms with E-state index in [0.29, 0.717) is 16.8 Å². The van der Waals surface area contributed by atoms with E-state index in [1.807, 2.05) is 0 Å². The highest BCUT2D eigenvalue weighted by molar-refractivity contribution is 6.31. The lowest BCUT2D eigenvalue weighted by Crippen LogP contribution is -2.23.